The number of benzene rings is 2. The van der Waals surface area contributed by atoms with Crippen molar-refractivity contribution in [1.82, 2.24) is 19.7 Å². The van der Waals surface area contributed by atoms with Crippen molar-refractivity contribution in [3.05, 3.63) is 90.1 Å². The zero-order chi connectivity index (χ0) is 20.9. The molecule has 2 aromatic carbocycles. The average molecular weight is 398 g/mol. The molecule has 0 spiro atoms. The fraction of sp³-hybridized carbons (Fsp3) is 0.130. The van der Waals surface area contributed by atoms with Gasteiger partial charge in [-0.3, -0.25) is 9.78 Å². The van der Waals surface area contributed by atoms with Crippen LogP contribution in [0.3, 0.4) is 0 Å². The Morgan fingerprint density at radius 2 is 1.80 bits per heavy atom. The Balaban J connectivity index is 1.66. The van der Waals surface area contributed by atoms with E-state index >= 15 is 0 Å². The number of hydrogen-bond donors (Lipinski definition) is 1. The van der Waals surface area contributed by atoms with Crippen LogP contribution in [-0.2, 0) is 6.54 Å². The first-order chi connectivity index (χ1) is 14.6. The molecule has 7 nitrogen and oxygen atoms in total. The number of nitrogens with zero attached hydrogens (tertiary/aromatic N) is 5. The molecule has 4 rings (SSSR count). The fourth-order valence-electron chi connectivity index (χ4n) is 3.00. The van der Waals surface area contributed by atoms with E-state index in [1.54, 1.807) is 18.3 Å². The minimum atomic E-state index is -0.255. The van der Waals surface area contributed by atoms with Gasteiger partial charge in [0.1, 0.15) is 5.69 Å². The zero-order valence-corrected chi connectivity index (χ0v) is 16.9. The van der Waals surface area contributed by atoms with Crippen molar-refractivity contribution in [3.8, 4) is 11.5 Å². The van der Waals surface area contributed by atoms with E-state index < -0.39 is 0 Å². The Morgan fingerprint density at radius 1 is 1.00 bits per heavy atom. The first-order valence-corrected chi connectivity index (χ1v) is 9.60. The smallest absolute Gasteiger partial charge is 0.281 e. The van der Waals surface area contributed by atoms with Gasteiger partial charge in [0.05, 0.1) is 0 Å². The Labute approximate surface area is 175 Å². The molecule has 0 saturated carbocycles. The Kier molecular flexibility index (Phi) is 5.52. The summed E-state index contributed by atoms with van der Waals surface area (Å²) in [4.78, 5) is 24.0. The number of rotatable bonds is 6. The lowest BCUT2D eigenvalue weighted by Gasteiger charge is -2.14. The van der Waals surface area contributed by atoms with Crippen LogP contribution < -0.4 is 10.2 Å². The molecule has 1 N–H and O–H groups in total. The van der Waals surface area contributed by atoms with E-state index in [1.165, 1.54) is 4.68 Å². The highest BCUT2D eigenvalue weighted by Gasteiger charge is 2.19. The average Bonchev–Trinajstić information content (AvgIpc) is 3.23. The summed E-state index contributed by atoms with van der Waals surface area (Å²) in [5.74, 6) is 0.513. The highest BCUT2D eigenvalue weighted by atomic mass is 16.2. The van der Waals surface area contributed by atoms with Crippen molar-refractivity contribution in [2.45, 2.75) is 6.54 Å². The molecule has 0 radical (unpaired) electrons. The van der Waals surface area contributed by atoms with Crippen LogP contribution in [0.15, 0.2) is 79.0 Å². The monoisotopic (exact) mass is 398 g/mol. The predicted molar refractivity (Wildman–Crippen MR) is 118 cm³/mol. The number of nitrogens with one attached hydrogen (secondary N) is 1. The summed E-state index contributed by atoms with van der Waals surface area (Å²) in [6, 6.07) is 22.7. The molecule has 4 aromatic rings. The van der Waals surface area contributed by atoms with Crippen molar-refractivity contribution in [1.29, 1.82) is 0 Å². The summed E-state index contributed by atoms with van der Waals surface area (Å²) >= 11 is 0. The molecule has 30 heavy (non-hydrogen) atoms. The normalized spacial score (nSPS) is 10.6. The summed E-state index contributed by atoms with van der Waals surface area (Å²) < 4.78 is 1.30. The second kappa shape index (κ2) is 8.57. The van der Waals surface area contributed by atoms with Crippen molar-refractivity contribution in [2.75, 3.05) is 24.3 Å². The van der Waals surface area contributed by atoms with E-state index in [0.717, 1.165) is 11.3 Å². The largest absolute Gasteiger partial charge is 0.378 e. The molecule has 0 aliphatic rings. The van der Waals surface area contributed by atoms with Gasteiger partial charge in [-0.25, -0.2) is 0 Å². The van der Waals surface area contributed by atoms with Crippen LogP contribution in [0.5, 0.6) is 0 Å². The van der Waals surface area contributed by atoms with Crippen LogP contribution in [0.25, 0.3) is 11.5 Å². The maximum absolute atomic E-state index is 13.1. The summed E-state index contributed by atoms with van der Waals surface area (Å²) in [5.41, 5.74) is 3.31. The van der Waals surface area contributed by atoms with Gasteiger partial charge in [-0.05, 0) is 42.0 Å². The minimum absolute atomic E-state index is 0.255. The lowest BCUT2D eigenvalue weighted by molar-refractivity contribution is 0.0947. The quantitative estimate of drug-likeness (QED) is 0.534. The van der Waals surface area contributed by atoms with Crippen LogP contribution in [0.1, 0.15) is 15.9 Å². The second-order valence-corrected chi connectivity index (χ2v) is 6.97. The van der Waals surface area contributed by atoms with Gasteiger partial charge in [-0.2, -0.15) is 9.67 Å². The van der Waals surface area contributed by atoms with E-state index in [9.17, 15) is 4.79 Å². The van der Waals surface area contributed by atoms with Gasteiger partial charge >= 0.3 is 0 Å². The summed E-state index contributed by atoms with van der Waals surface area (Å²) in [6.07, 6.45) is 1.68. The fourth-order valence-corrected chi connectivity index (χ4v) is 3.00. The van der Waals surface area contributed by atoms with Gasteiger partial charge in [-0.15, -0.1) is 5.10 Å². The van der Waals surface area contributed by atoms with E-state index in [4.69, 9.17) is 0 Å². The lowest BCUT2D eigenvalue weighted by Crippen LogP contribution is -2.17. The highest BCUT2D eigenvalue weighted by Crippen LogP contribution is 2.19. The van der Waals surface area contributed by atoms with Crippen LogP contribution in [0, 0.1) is 0 Å². The standard InChI is InChI=1S/C23H22N6O/c1-28(2)19-12-8-9-17(15-19)16-25-23-26-21(20-13-6-7-14-24-20)27-29(23)22(30)18-10-4-3-5-11-18/h3-15H,16H2,1-2H3,(H,25,26,27). The first-order valence-electron chi connectivity index (χ1n) is 9.60. The summed E-state index contributed by atoms with van der Waals surface area (Å²) in [7, 11) is 4.00. The van der Waals surface area contributed by atoms with Crippen LogP contribution in [-0.4, -0.2) is 39.8 Å². The molecule has 7 heteroatoms. The first kappa shape index (κ1) is 19.3. The maximum atomic E-state index is 13.1. The number of hydrogen-bond acceptors (Lipinski definition) is 6. The third-order valence-corrected chi connectivity index (χ3v) is 4.59. The number of aromatic nitrogens is 4. The van der Waals surface area contributed by atoms with Crippen molar-refractivity contribution in [2.24, 2.45) is 0 Å². The van der Waals surface area contributed by atoms with Crippen LogP contribution >= 0.6 is 0 Å². The number of carbonyl (C=O) groups excluding carboxylic acids is 1. The van der Waals surface area contributed by atoms with E-state index in [2.05, 4.69) is 26.4 Å². The van der Waals surface area contributed by atoms with Gasteiger partial charge in [0, 0.05) is 38.1 Å². The van der Waals surface area contributed by atoms with Crippen LogP contribution in [0.4, 0.5) is 11.6 Å². The molecule has 0 bridgehead atoms. The highest BCUT2D eigenvalue weighted by molar-refractivity contribution is 5.97. The third kappa shape index (κ3) is 4.20. The van der Waals surface area contributed by atoms with Gasteiger partial charge in [0.25, 0.3) is 5.91 Å². The Hall–Kier alpha value is -4.00. The van der Waals surface area contributed by atoms with E-state index in [-0.39, 0.29) is 5.91 Å². The number of carbonyl (C=O) groups is 1. The predicted octanol–water partition coefficient (Wildman–Crippen LogP) is 3.71. The molecule has 0 aliphatic heterocycles. The summed E-state index contributed by atoms with van der Waals surface area (Å²) in [6.45, 7) is 0.504. The molecule has 2 aromatic heterocycles. The number of anilines is 2. The minimum Gasteiger partial charge on any atom is -0.378 e. The van der Waals surface area contributed by atoms with E-state index in [1.807, 2.05) is 73.6 Å². The molecule has 2 heterocycles. The maximum Gasteiger partial charge on any atom is 0.281 e. The Bertz CT molecular complexity index is 1140. The molecule has 0 fully saturated rings. The van der Waals surface area contributed by atoms with Gasteiger partial charge in [0.15, 0.2) is 0 Å². The molecule has 0 atom stereocenters. The van der Waals surface area contributed by atoms with Crippen molar-refractivity contribution < 1.29 is 4.79 Å². The molecule has 0 aliphatic carbocycles. The molecular formula is C23H22N6O. The van der Waals surface area contributed by atoms with Crippen LogP contribution in [0.2, 0.25) is 0 Å². The molecule has 0 saturated heterocycles. The molecule has 150 valence electrons. The number of pyridine rings is 1. The van der Waals surface area contributed by atoms with Gasteiger partial charge in [0.2, 0.25) is 11.8 Å². The molecule has 0 amide bonds. The van der Waals surface area contributed by atoms with Gasteiger partial charge in [-0.1, -0.05) is 36.4 Å². The lowest BCUT2D eigenvalue weighted by atomic mass is 10.2. The zero-order valence-electron chi connectivity index (χ0n) is 16.9. The van der Waals surface area contributed by atoms with Crippen molar-refractivity contribution in [3.63, 3.8) is 0 Å². The molecule has 0 unspecified atom stereocenters. The topological polar surface area (TPSA) is 75.9 Å². The SMILES string of the molecule is CN(C)c1cccc(CNc2nc(-c3ccccn3)nn2C(=O)c2ccccc2)c1. The Morgan fingerprint density at radius 3 is 2.53 bits per heavy atom. The van der Waals surface area contributed by atoms with E-state index in [0.29, 0.717) is 29.6 Å². The summed E-state index contributed by atoms with van der Waals surface area (Å²) in [5, 5.41) is 7.70. The van der Waals surface area contributed by atoms with Crippen molar-refractivity contribution >= 4 is 17.5 Å². The second-order valence-electron chi connectivity index (χ2n) is 6.97. The van der Waals surface area contributed by atoms with Gasteiger partial charge < -0.3 is 10.2 Å². The molecular weight excluding hydrogens is 376 g/mol. The third-order valence-electron chi connectivity index (χ3n) is 4.59.